The van der Waals surface area contributed by atoms with Crippen LogP contribution < -0.4 is 0 Å². The summed E-state index contributed by atoms with van der Waals surface area (Å²) in [5, 5.41) is 1.08. The van der Waals surface area contributed by atoms with Gasteiger partial charge < -0.3 is 4.90 Å². The van der Waals surface area contributed by atoms with E-state index in [1.165, 1.54) is 16.0 Å². The van der Waals surface area contributed by atoms with Crippen LogP contribution in [0.2, 0.25) is 0 Å². The molecule has 16 heavy (non-hydrogen) atoms. The molecule has 3 heteroatoms. The summed E-state index contributed by atoms with van der Waals surface area (Å²) in [5.41, 5.74) is 2.46. The molecule has 0 saturated heterocycles. The van der Waals surface area contributed by atoms with E-state index in [-0.39, 0.29) is 0 Å². The third kappa shape index (κ3) is 2.68. The van der Waals surface area contributed by atoms with E-state index >= 15 is 0 Å². The first-order chi connectivity index (χ1) is 7.65. The Morgan fingerprint density at radius 1 is 1.44 bits per heavy atom. The fraction of sp³-hybridized carbons (Fsp3) is 0.231. The second-order valence-corrected chi connectivity index (χ2v) is 5.13. The molecule has 0 saturated carbocycles. The highest BCUT2D eigenvalue weighted by molar-refractivity contribution is 7.15. The predicted octanol–water partition coefficient (Wildman–Crippen LogP) is 3.34. The van der Waals surface area contributed by atoms with E-state index in [0.29, 0.717) is 0 Å². The highest BCUT2D eigenvalue weighted by Gasteiger charge is 2.04. The molecule has 0 amide bonds. The standard InChI is InChI=1S/C13H15N2S/c1-10-5-4-6-11(7-10)13-14-8-12(16-13)9-15(2)3/h4-8H,2,9H2,1,3H3/q-1. The minimum Gasteiger partial charge on any atom is -0.457 e. The van der Waals surface area contributed by atoms with Gasteiger partial charge in [-0.15, -0.1) is 11.3 Å². The molecule has 1 heterocycles. The maximum atomic E-state index is 4.44. The van der Waals surface area contributed by atoms with E-state index in [0.717, 1.165) is 11.6 Å². The van der Waals surface area contributed by atoms with Gasteiger partial charge in [0, 0.05) is 23.2 Å². The summed E-state index contributed by atoms with van der Waals surface area (Å²) < 4.78 is 0. The molecule has 0 bridgehead atoms. The molecule has 0 aliphatic rings. The van der Waals surface area contributed by atoms with Crippen molar-refractivity contribution in [1.82, 2.24) is 9.88 Å². The fourth-order valence-electron chi connectivity index (χ4n) is 1.56. The first-order valence-electron chi connectivity index (χ1n) is 5.18. The molecule has 0 unspecified atom stereocenters. The van der Waals surface area contributed by atoms with Gasteiger partial charge in [-0.25, -0.2) is 4.98 Å². The second kappa shape index (κ2) is 4.76. The third-order valence-corrected chi connectivity index (χ3v) is 3.28. The van der Waals surface area contributed by atoms with E-state index in [9.17, 15) is 0 Å². The Labute approximate surface area is 101 Å². The zero-order valence-corrected chi connectivity index (χ0v) is 10.4. The summed E-state index contributed by atoms with van der Waals surface area (Å²) >= 11 is 1.73. The highest BCUT2D eigenvalue weighted by atomic mass is 32.1. The first kappa shape index (κ1) is 11.3. The van der Waals surface area contributed by atoms with Crippen LogP contribution in [0.4, 0.5) is 0 Å². The molecule has 0 N–H and O–H groups in total. The summed E-state index contributed by atoms with van der Waals surface area (Å²) in [5.74, 6) is 0. The normalized spacial score (nSPS) is 11.0. The average Bonchev–Trinajstić information content (AvgIpc) is 2.65. The maximum Gasteiger partial charge on any atom is 0.123 e. The van der Waals surface area contributed by atoms with E-state index in [1.807, 2.05) is 18.1 Å². The predicted molar refractivity (Wildman–Crippen MR) is 69.1 cm³/mol. The molecule has 0 spiro atoms. The van der Waals surface area contributed by atoms with Crippen molar-refractivity contribution < 1.29 is 0 Å². The summed E-state index contributed by atoms with van der Waals surface area (Å²) in [6.07, 6.45) is 1.93. The van der Waals surface area contributed by atoms with E-state index in [1.54, 1.807) is 11.3 Å². The van der Waals surface area contributed by atoms with Crippen LogP contribution in [0.15, 0.2) is 30.5 Å². The molecule has 1 aromatic heterocycles. The smallest absolute Gasteiger partial charge is 0.123 e. The zero-order valence-electron chi connectivity index (χ0n) is 9.60. The number of hydrogen-bond acceptors (Lipinski definition) is 3. The first-order valence-corrected chi connectivity index (χ1v) is 6.00. The van der Waals surface area contributed by atoms with E-state index in [4.69, 9.17) is 0 Å². The van der Waals surface area contributed by atoms with Crippen LogP contribution in [0.5, 0.6) is 0 Å². The van der Waals surface area contributed by atoms with Gasteiger partial charge in [-0.2, -0.15) is 0 Å². The van der Waals surface area contributed by atoms with Crippen molar-refractivity contribution in [3.8, 4) is 10.6 Å². The molecule has 2 rings (SSSR count). The molecule has 0 atom stereocenters. The Bertz CT molecular complexity index is 474. The van der Waals surface area contributed by atoms with Crippen LogP contribution in [-0.4, -0.2) is 16.9 Å². The van der Waals surface area contributed by atoms with Crippen LogP contribution in [0.25, 0.3) is 10.6 Å². The van der Waals surface area contributed by atoms with Crippen LogP contribution in [-0.2, 0) is 6.54 Å². The van der Waals surface area contributed by atoms with Crippen molar-refractivity contribution in [2.45, 2.75) is 13.5 Å². The number of thiazole rings is 1. The fourth-order valence-corrected chi connectivity index (χ4v) is 2.55. The number of aromatic nitrogens is 1. The van der Waals surface area contributed by atoms with E-state index in [2.05, 4.69) is 43.2 Å². The lowest BCUT2D eigenvalue weighted by atomic mass is 10.1. The van der Waals surface area contributed by atoms with Crippen LogP contribution >= 0.6 is 11.3 Å². The number of hydrogen-bond donors (Lipinski definition) is 0. The minimum absolute atomic E-state index is 0.851. The monoisotopic (exact) mass is 231 g/mol. The molecule has 2 nitrogen and oxygen atoms in total. The van der Waals surface area contributed by atoms with Crippen molar-refractivity contribution in [1.29, 1.82) is 0 Å². The lowest BCUT2D eigenvalue weighted by Gasteiger charge is -2.15. The van der Waals surface area contributed by atoms with Gasteiger partial charge in [-0.3, -0.25) is 7.05 Å². The highest BCUT2D eigenvalue weighted by Crippen LogP contribution is 2.26. The van der Waals surface area contributed by atoms with Crippen molar-refractivity contribution in [3.05, 3.63) is 48.0 Å². The number of aryl methyl sites for hydroxylation is 1. The molecule has 0 aliphatic carbocycles. The number of nitrogens with zero attached hydrogens (tertiary/aromatic N) is 2. The molecular weight excluding hydrogens is 216 g/mol. The van der Waals surface area contributed by atoms with Crippen LogP contribution in [0.3, 0.4) is 0 Å². The SMILES string of the molecule is [CH2-]N(C)Cc1cnc(-c2cccc(C)c2)s1. The molecule has 1 aromatic carbocycles. The van der Waals surface area contributed by atoms with Gasteiger partial charge in [0.25, 0.3) is 0 Å². The second-order valence-electron chi connectivity index (χ2n) is 4.02. The Morgan fingerprint density at radius 3 is 2.94 bits per heavy atom. The van der Waals surface area contributed by atoms with Crippen molar-refractivity contribution in [3.63, 3.8) is 0 Å². The van der Waals surface area contributed by atoms with Crippen molar-refractivity contribution in [2.24, 2.45) is 0 Å². The van der Waals surface area contributed by atoms with Gasteiger partial charge in [0.15, 0.2) is 0 Å². The average molecular weight is 231 g/mol. The van der Waals surface area contributed by atoms with Crippen molar-refractivity contribution in [2.75, 3.05) is 7.05 Å². The Balaban J connectivity index is 2.24. The van der Waals surface area contributed by atoms with Crippen LogP contribution in [0.1, 0.15) is 10.4 Å². The molecular formula is C13H15N2S-. The zero-order chi connectivity index (χ0) is 11.5. The van der Waals surface area contributed by atoms with Gasteiger partial charge in [0.2, 0.25) is 0 Å². The summed E-state index contributed by atoms with van der Waals surface area (Å²) in [7, 11) is 5.81. The number of rotatable bonds is 3. The molecule has 0 radical (unpaired) electrons. The maximum absolute atomic E-state index is 4.44. The Hall–Kier alpha value is -1.19. The third-order valence-electron chi connectivity index (χ3n) is 2.24. The number of benzene rings is 1. The van der Waals surface area contributed by atoms with E-state index < -0.39 is 0 Å². The Morgan fingerprint density at radius 2 is 2.25 bits per heavy atom. The molecule has 84 valence electrons. The van der Waals surface area contributed by atoms with Gasteiger partial charge >= 0.3 is 0 Å². The molecule has 0 fully saturated rings. The lowest BCUT2D eigenvalue weighted by Crippen LogP contribution is -2.06. The minimum atomic E-state index is 0.851. The van der Waals surface area contributed by atoms with Gasteiger partial charge in [0.05, 0.1) is 0 Å². The molecule has 0 aliphatic heterocycles. The largest absolute Gasteiger partial charge is 0.457 e. The Kier molecular flexibility index (Phi) is 3.36. The summed E-state index contributed by atoms with van der Waals surface area (Å²) in [4.78, 5) is 7.60. The van der Waals surface area contributed by atoms with Crippen LogP contribution in [0, 0.1) is 14.0 Å². The quantitative estimate of drug-likeness (QED) is 0.753. The van der Waals surface area contributed by atoms with Gasteiger partial charge in [-0.1, -0.05) is 23.8 Å². The molecule has 2 aromatic rings. The van der Waals surface area contributed by atoms with Gasteiger partial charge in [-0.05, 0) is 20.0 Å². The topological polar surface area (TPSA) is 16.1 Å². The van der Waals surface area contributed by atoms with Crippen molar-refractivity contribution >= 4 is 11.3 Å². The summed E-state index contributed by atoms with van der Waals surface area (Å²) in [6.45, 7) is 2.95. The van der Waals surface area contributed by atoms with Gasteiger partial charge in [0.1, 0.15) is 5.01 Å². The lowest BCUT2D eigenvalue weighted by molar-refractivity contribution is 0.449. The summed E-state index contributed by atoms with van der Waals surface area (Å²) in [6, 6.07) is 8.43.